The highest BCUT2D eigenvalue weighted by molar-refractivity contribution is 5.85. The zero-order valence-electron chi connectivity index (χ0n) is 13.6. The molecule has 2 aliphatic heterocycles. The van der Waals surface area contributed by atoms with E-state index in [4.69, 9.17) is 0 Å². The van der Waals surface area contributed by atoms with Crippen LogP contribution < -0.4 is 5.32 Å². The van der Waals surface area contributed by atoms with E-state index in [1.807, 2.05) is 12.1 Å². The van der Waals surface area contributed by atoms with Gasteiger partial charge in [-0.2, -0.15) is 0 Å². The minimum absolute atomic E-state index is 0.193. The van der Waals surface area contributed by atoms with Crippen molar-refractivity contribution in [2.75, 3.05) is 26.2 Å². The normalized spacial score (nSPS) is 29.0. The van der Waals surface area contributed by atoms with E-state index in [1.54, 1.807) is 6.07 Å². The Kier molecular flexibility index (Phi) is 3.88. The summed E-state index contributed by atoms with van der Waals surface area (Å²) >= 11 is 0. The van der Waals surface area contributed by atoms with Gasteiger partial charge in [0.15, 0.2) is 0 Å². The summed E-state index contributed by atoms with van der Waals surface area (Å²) in [7, 11) is 0. The predicted octanol–water partition coefficient (Wildman–Crippen LogP) is 2.61. The Morgan fingerprint density at radius 2 is 1.91 bits per heavy atom. The fourth-order valence-corrected chi connectivity index (χ4v) is 4.72. The van der Waals surface area contributed by atoms with Crippen LogP contribution in [-0.2, 0) is 11.2 Å². The first-order valence-electron chi connectivity index (χ1n) is 8.90. The lowest BCUT2D eigenvalue weighted by Gasteiger charge is -2.48. The van der Waals surface area contributed by atoms with Crippen LogP contribution >= 0.6 is 0 Å². The second kappa shape index (κ2) is 5.90. The van der Waals surface area contributed by atoms with Gasteiger partial charge in [-0.25, -0.2) is 4.39 Å². The zero-order valence-corrected chi connectivity index (χ0v) is 13.6. The van der Waals surface area contributed by atoms with E-state index in [0.717, 1.165) is 13.1 Å². The van der Waals surface area contributed by atoms with Crippen LogP contribution in [0.5, 0.6) is 0 Å². The molecule has 1 N–H and O–H groups in total. The molecule has 23 heavy (non-hydrogen) atoms. The number of rotatable bonds is 3. The van der Waals surface area contributed by atoms with Crippen molar-refractivity contribution in [2.45, 2.75) is 32.1 Å². The van der Waals surface area contributed by atoms with Crippen LogP contribution in [0.15, 0.2) is 24.3 Å². The molecule has 1 aliphatic carbocycles. The van der Waals surface area contributed by atoms with Gasteiger partial charge >= 0.3 is 0 Å². The number of carbonyl (C=O) groups is 1. The fourth-order valence-electron chi connectivity index (χ4n) is 4.72. The molecule has 1 aromatic carbocycles. The molecule has 0 aromatic heterocycles. The average Bonchev–Trinajstić information content (AvgIpc) is 2.51. The van der Waals surface area contributed by atoms with E-state index in [2.05, 4.69) is 10.2 Å². The number of hydrogen-bond donors (Lipinski definition) is 1. The maximum atomic E-state index is 14.0. The van der Waals surface area contributed by atoms with Crippen LogP contribution in [0.4, 0.5) is 4.39 Å². The van der Waals surface area contributed by atoms with Gasteiger partial charge in [0.1, 0.15) is 5.82 Å². The zero-order chi connectivity index (χ0) is 15.9. The fraction of sp³-hybridized carbons (Fsp3) is 0.632. The number of fused-ring (bicyclic) bond motifs is 2. The minimum Gasteiger partial charge on any atom is -0.342 e. The Hall–Kier alpha value is -1.42. The number of carbonyl (C=O) groups excluding carboxylic acids is 1. The molecular formula is C19H25FN2O. The van der Waals surface area contributed by atoms with Gasteiger partial charge in [0.25, 0.3) is 0 Å². The highest BCUT2D eigenvalue weighted by atomic mass is 19.1. The Bertz CT molecular complexity index is 587. The first kappa shape index (κ1) is 15.1. The molecule has 4 heteroatoms. The summed E-state index contributed by atoms with van der Waals surface area (Å²) in [5.41, 5.74) is 0.230. The molecule has 1 aromatic rings. The average molecular weight is 316 g/mol. The van der Waals surface area contributed by atoms with Crippen LogP contribution in [0.3, 0.4) is 0 Å². The highest BCUT2D eigenvalue weighted by Gasteiger charge is 2.48. The molecule has 2 atom stereocenters. The number of hydrogen-bond acceptors (Lipinski definition) is 2. The number of amides is 1. The maximum absolute atomic E-state index is 14.0. The van der Waals surface area contributed by atoms with Gasteiger partial charge in [0, 0.05) is 26.2 Å². The third kappa shape index (κ3) is 2.78. The standard InChI is InChI=1S/C19H25FN2O/c20-17-7-2-1-6-16(17)9-19(12-21-13-19)18(23)22-10-14-4-3-5-15(8-14)11-22/h1-2,6-7,14-15,21H,3-5,8-13H2/t14-,15-/m1/s1. The van der Waals surface area contributed by atoms with E-state index >= 15 is 0 Å². The summed E-state index contributed by atoms with van der Waals surface area (Å²) in [5.74, 6) is 1.42. The van der Waals surface area contributed by atoms with Crippen molar-refractivity contribution < 1.29 is 9.18 Å². The van der Waals surface area contributed by atoms with Gasteiger partial charge in [-0.3, -0.25) is 4.79 Å². The number of benzene rings is 1. The molecule has 2 saturated heterocycles. The molecule has 2 bridgehead atoms. The van der Waals surface area contributed by atoms with E-state index in [1.165, 1.54) is 31.7 Å². The van der Waals surface area contributed by atoms with E-state index in [-0.39, 0.29) is 11.7 Å². The summed E-state index contributed by atoms with van der Waals surface area (Å²) in [6.07, 6.45) is 5.65. The Morgan fingerprint density at radius 3 is 2.52 bits per heavy atom. The number of piperidine rings is 1. The highest BCUT2D eigenvalue weighted by Crippen LogP contribution is 2.38. The first-order valence-corrected chi connectivity index (χ1v) is 8.90. The number of nitrogens with zero attached hydrogens (tertiary/aromatic N) is 1. The van der Waals surface area contributed by atoms with Crippen molar-refractivity contribution in [3.05, 3.63) is 35.6 Å². The molecule has 3 aliphatic rings. The van der Waals surface area contributed by atoms with E-state index < -0.39 is 5.41 Å². The number of nitrogens with one attached hydrogen (secondary N) is 1. The molecule has 3 nitrogen and oxygen atoms in total. The second-order valence-corrected chi connectivity index (χ2v) is 7.76. The lowest BCUT2D eigenvalue weighted by atomic mass is 9.72. The van der Waals surface area contributed by atoms with Crippen molar-refractivity contribution >= 4 is 5.91 Å². The third-order valence-corrected chi connectivity index (χ3v) is 6.00. The van der Waals surface area contributed by atoms with Crippen LogP contribution in [0.2, 0.25) is 0 Å². The van der Waals surface area contributed by atoms with Crippen LogP contribution in [0.25, 0.3) is 0 Å². The van der Waals surface area contributed by atoms with Gasteiger partial charge in [-0.1, -0.05) is 24.6 Å². The molecule has 1 amide bonds. The third-order valence-electron chi connectivity index (χ3n) is 6.00. The van der Waals surface area contributed by atoms with Crippen LogP contribution in [-0.4, -0.2) is 37.0 Å². The molecule has 0 radical (unpaired) electrons. The van der Waals surface area contributed by atoms with Crippen molar-refractivity contribution in [2.24, 2.45) is 17.3 Å². The Morgan fingerprint density at radius 1 is 1.22 bits per heavy atom. The molecule has 0 spiro atoms. The second-order valence-electron chi connectivity index (χ2n) is 7.76. The van der Waals surface area contributed by atoms with Gasteiger partial charge in [0.2, 0.25) is 5.91 Å². The van der Waals surface area contributed by atoms with Crippen LogP contribution in [0, 0.1) is 23.1 Å². The predicted molar refractivity (Wildman–Crippen MR) is 87.4 cm³/mol. The van der Waals surface area contributed by atoms with Crippen LogP contribution in [0.1, 0.15) is 31.2 Å². The molecule has 1 saturated carbocycles. The SMILES string of the molecule is O=C(N1C[C@@H]2CCC[C@H](C2)C1)C1(Cc2ccccc2F)CNC1. The molecule has 2 heterocycles. The largest absolute Gasteiger partial charge is 0.342 e. The van der Waals surface area contributed by atoms with Gasteiger partial charge < -0.3 is 10.2 Å². The molecule has 3 fully saturated rings. The van der Waals surface area contributed by atoms with E-state index in [9.17, 15) is 9.18 Å². The number of halogens is 1. The molecule has 0 unspecified atom stereocenters. The van der Waals surface area contributed by atoms with Crippen molar-refractivity contribution in [3.63, 3.8) is 0 Å². The monoisotopic (exact) mass is 316 g/mol. The van der Waals surface area contributed by atoms with Gasteiger partial charge in [-0.05, 0) is 49.1 Å². The quantitative estimate of drug-likeness (QED) is 0.930. The summed E-state index contributed by atoms with van der Waals surface area (Å²) in [6.45, 7) is 3.17. The molecular weight excluding hydrogens is 291 g/mol. The Labute approximate surface area is 137 Å². The number of likely N-dealkylation sites (tertiary alicyclic amines) is 1. The van der Waals surface area contributed by atoms with Crippen molar-refractivity contribution in [1.29, 1.82) is 0 Å². The summed E-state index contributed by atoms with van der Waals surface area (Å²) in [5, 5.41) is 3.24. The summed E-state index contributed by atoms with van der Waals surface area (Å²) in [6, 6.07) is 6.87. The van der Waals surface area contributed by atoms with Crippen molar-refractivity contribution in [3.8, 4) is 0 Å². The first-order chi connectivity index (χ1) is 11.2. The summed E-state index contributed by atoms with van der Waals surface area (Å²) < 4.78 is 14.0. The smallest absolute Gasteiger partial charge is 0.231 e. The topological polar surface area (TPSA) is 32.3 Å². The van der Waals surface area contributed by atoms with Crippen molar-refractivity contribution in [1.82, 2.24) is 10.2 Å². The maximum Gasteiger partial charge on any atom is 0.231 e. The lowest BCUT2D eigenvalue weighted by Crippen LogP contribution is -2.64. The minimum atomic E-state index is -0.437. The van der Waals surface area contributed by atoms with Gasteiger partial charge in [-0.15, -0.1) is 0 Å². The lowest BCUT2D eigenvalue weighted by molar-refractivity contribution is -0.149. The summed E-state index contributed by atoms with van der Waals surface area (Å²) in [4.78, 5) is 15.3. The van der Waals surface area contributed by atoms with Gasteiger partial charge in [0.05, 0.1) is 5.41 Å². The van der Waals surface area contributed by atoms with E-state index in [0.29, 0.717) is 36.9 Å². The molecule has 124 valence electrons. The molecule has 4 rings (SSSR count). The Balaban J connectivity index is 1.52.